The number of anilines is 1. The van der Waals surface area contributed by atoms with E-state index in [1.54, 1.807) is 29.9 Å². The predicted octanol–water partition coefficient (Wildman–Crippen LogP) is 3.95. The Bertz CT molecular complexity index is 1540. The minimum atomic E-state index is -0.841. The van der Waals surface area contributed by atoms with Crippen molar-refractivity contribution in [1.82, 2.24) is 25.3 Å². The normalized spacial score (nSPS) is 26.9. The lowest BCUT2D eigenvalue weighted by Crippen LogP contribution is -2.58. The van der Waals surface area contributed by atoms with E-state index in [1.165, 1.54) is 18.6 Å². The lowest BCUT2D eigenvalue weighted by Gasteiger charge is -2.38. The van der Waals surface area contributed by atoms with Crippen LogP contribution in [0.15, 0.2) is 30.5 Å². The molecule has 4 amide bonds. The first kappa shape index (κ1) is 34.1. The Labute approximate surface area is 282 Å². The predicted molar refractivity (Wildman–Crippen MR) is 179 cm³/mol. The maximum absolute atomic E-state index is 15.8. The summed E-state index contributed by atoms with van der Waals surface area (Å²) in [5, 5.41) is 12.8. The third-order valence-electron chi connectivity index (χ3n) is 11.9. The summed E-state index contributed by atoms with van der Waals surface area (Å²) in [7, 11) is 2.30. The molecule has 0 bridgehead atoms. The molecule has 3 N–H and O–H groups in total. The number of piperazine rings is 1. The van der Waals surface area contributed by atoms with Gasteiger partial charge in [0.15, 0.2) is 6.04 Å². The summed E-state index contributed by atoms with van der Waals surface area (Å²) < 4.78 is 18.4. The van der Waals surface area contributed by atoms with Crippen LogP contribution in [0.2, 0.25) is 0 Å². The number of rotatable bonds is 11. The number of piperidine rings is 1. The van der Waals surface area contributed by atoms with E-state index in [0.29, 0.717) is 49.0 Å². The maximum atomic E-state index is 15.8. The number of hydrogen-bond acceptors (Lipinski definition) is 5. The molecule has 1 saturated carbocycles. The minimum absolute atomic E-state index is 0.000680. The molecule has 0 radical (unpaired) electrons. The highest BCUT2D eigenvalue weighted by molar-refractivity contribution is 6.00. The van der Waals surface area contributed by atoms with E-state index in [9.17, 15) is 19.2 Å². The van der Waals surface area contributed by atoms with E-state index in [2.05, 4.69) is 28.1 Å². The van der Waals surface area contributed by atoms with Crippen LogP contribution in [0.4, 0.5) is 10.1 Å². The number of carbonyl (C=O) groups excluding carboxylic acids is 4. The van der Waals surface area contributed by atoms with Gasteiger partial charge >= 0.3 is 0 Å². The second-order valence-corrected chi connectivity index (χ2v) is 14.5. The second kappa shape index (κ2) is 14.0. The molecule has 0 spiro atoms. The van der Waals surface area contributed by atoms with Crippen molar-refractivity contribution in [3.05, 3.63) is 47.5 Å². The number of halogens is 1. The molecule has 4 fully saturated rings. The molecule has 6 rings (SSSR count). The molecule has 3 saturated heterocycles. The van der Waals surface area contributed by atoms with Crippen molar-refractivity contribution < 1.29 is 28.1 Å². The molecular weight excluding hydrogens is 613 g/mol. The van der Waals surface area contributed by atoms with Gasteiger partial charge in [0.2, 0.25) is 17.7 Å². The van der Waals surface area contributed by atoms with Gasteiger partial charge in [-0.1, -0.05) is 45.6 Å². The van der Waals surface area contributed by atoms with Gasteiger partial charge in [0, 0.05) is 37.9 Å². The van der Waals surface area contributed by atoms with Crippen LogP contribution in [0, 0.1) is 11.7 Å². The van der Waals surface area contributed by atoms with Crippen molar-refractivity contribution >= 4 is 29.3 Å². The van der Waals surface area contributed by atoms with Gasteiger partial charge in [-0.15, -0.1) is 0 Å². The number of benzene rings is 1. The van der Waals surface area contributed by atoms with Gasteiger partial charge in [0.05, 0.1) is 25.8 Å². The first-order chi connectivity index (χ1) is 23.1. The molecule has 7 atom stereocenters. The number of quaternary nitrogens is 1. The van der Waals surface area contributed by atoms with Crippen molar-refractivity contribution in [2.45, 2.75) is 121 Å². The van der Waals surface area contributed by atoms with Crippen LogP contribution in [0.1, 0.15) is 101 Å². The monoisotopic (exact) mass is 664 g/mol. The number of carbonyl (C=O) groups is 4. The fourth-order valence-corrected chi connectivity index (χ4v) is 8.81. The Morgan fingerprint density at radius 2 is 1.73 bits per heavy atom. The Hall–Kier alpha value is -3.80. The van der Waals surface area contributed by atoms with Crippen LogP contribution < -0.4 is 16.0 Å². The quantitative estimate of drug-likeness (QED) is 0.191. The fraction of sp³-hybridized carbons (Fsp3) is 0.639. The Morgan fingerprint density at radius 3 is 2.40 bits per heavy atom. The van der Waals surface area contributed by atoms with E-state index in [0.717, 1.165) is 49.4 Å². The van der Waals surface area contributed by atoms with Gasteiger partial charge in [-0.25, -0.2) is 4.39 Å². The van der Waals surface area contributed by atoms with E-state index in [1.807, 2.05) is 18.7 Å². The largest absolute Gasteiger partial charge is 0.344 e. The van der Waals surface area contributed by atoms with Gasteiger partial charge in [0.25, 0.3) is 5.91 Å². The van der Waals surface area contributed by atoms with Crippen LogP contribution >= 0.6 is 0 Å². The third-order valence-corrected chi connectivity index (χ3v) is 11.9. The molecule has 12 heteroatoms. The zero-order valence-corrected chi connectivity index (χ0v) is 28.7. The maximum Gasteiger partial charge on any atom is 0.270 e. The smallest absolute Gasteiger partial charge is 0.270 e. The van der Waals surface area contributed by atoms with Gasteiger partial charge in [-0.3, -0.25) is 23.9 Å². The van der Waals surface area contributed by atoms with Gasteiger partial charge in [-0.2, -0.15) is 5.10 Å². The molecule has 4 unspecified atom stereocenters. The van der Waals surface area contributed by atoms with Gasteiger partial charge in [0.1, 0.15) is 35.7 Å². The van der Waals surface area contributed by atoms with Crippen molar-refractivity contribution in [3.63, 3.8) is 0 Å². The lowest BCUT2D eigenvalue weighted by molar-refractivity contribution is -0.826. The number of likely N-dealkylation sites (N-methyl/N-ethyl adjacent to an activating group) is 1. The summed E-state index contributed by atoms with van der Waals surface area (Å²) >= 11 is 0. The van der Waals surface area contributed by atoms with Crippen LogP contribution in [-0.4, -0.2) is 93.1 Å². The first-order valence-electron chi connectivity index (χ1n) is 17.9. The number of nitrogens with zero attached hydrogens (tertiary/aromatic N) is 4. The first-order valence-corrected chi connectivity index (χ1v) is 17.9. The summed E-state index contributed by atoms with van der Waals surface area (Å²) in [6, 6.07) is 6.01. The lowest BCUT2D eigenvalue weighted by atomic mass is 9.90. The molecule has 2 aromatic rings. The zero-order valence-electron chi connectivity index (χ0n) is 28.7. The molecule has 48 heavy (non-hydrogen) atoms. The Kier molecular flexibility index (Phi) is 9.92. The number of nitrogens with one attached hydrogen (secondary N) is 3. The summed E-state index contributed by atoms with van der Waals surface area (Å²) in [4.78, 5) is 55.6. The van der Waals surface area contributed by atoms with Crippen molar-refractivity contribution in [2.24, 2.45) is 5.92 Å². The van der Waals surface area contributed by atoms with E-state index < -0.39 is 29.7 Å². The van der Waals surface area contributed by atoms with E-state index in [-0.39, 0.29) is 35.7 Å². The highest BCUT2D eigenvalue weighted by atomic mass is 19.1. The summed E-state index contributed by atoms with van der Waals surface area (Å²) in [5.41, 5.74) is 0.919. The number of aryl methyl sites for hydroxylation is 1. The van der Waals surface area contributed by atoms with Crippen molar-refractivity contribution in [2.75, 3.05) is 25.5 Å². The molecule has 1 aromatic carbocycles. The highest BCUT2D eigenvalue weighted by Gasteiger charge is 2.73. The van der Waals surface area contributed by atoms with Crippen LogP contribution in [0.25, 0.3) is 0 Å². The summed E-state index contributed by atoms with van der Waals surface area (Å²) in [5.74, 6) is -2.44. The number of fused-ring (bicyclic) bond motifs is 1. The average molecular weight is 665 g/mol. The molecule has 4 aliphatic rings. The van der Waals surface area contributed by atoms with Gasteiger partial charge < -0.3 is 25.3 Å². The SMILES string of the molecule is CCC(=O)N[C@@H](C(=O)N1CC2CCC3C(C1)[N+]23C)[C@@H](C)c1ccc(NC(=O)[C@@H](NC(=O)c2ccnn2CC)C2CCCCCC2)c(F)c1. The molecule has 3 aliphatic heterocycles. The molecule has 4 heterocycles. The molecular formula is C36H51FN7O4+. The highest BCUT2D eigenvalue weighted by Crippen LogP contribution is 2.53. The van der Waals surface area contributed by atoms with E-state index >= 15 is 4.39 Å². The number of hydrogen-bond donors (Lipinski definition) is 3. The Balaban J connectivity index is 1.18. The molecule has 1 aromatic heterocycles. The molecule has 260 valence electrons. The summed E-state index contributed by atoms with van der Waals surface area (Å²) in [6.07, 6.45) is 9.78. The standard InChI is InChI=1S/C36H50FN7O4/c1-5-31(45)40-32(36(48)42-20-25-14-16-29-30(21-42)44(25,29)4)22(3)24-13-15-27(26(37)19-24)39-35(47)33(23-11-9-7-8-10-12-23)41-34(46)28-17-18-38-43(28)6-2/h13,15,17-19,22-23,25,29-30,32-33H,5-12,14,16,20-21H2,1-4H3,(H2-,39,40,41,45,46,47)/p+1/t22-,25?,29?,30?,32+,33-,44?/m0/s1. The molecule has 1 aliphatic carbocycles. The average Bonchev–Trinajstić information content (AvgIpc) is 3.29. The topological polar surface area (TPSA) is 125 Å². The minimum Gasteiger partial charge on any atom is -0.344 e. The van der Waals surface area contributed by atoms with Crippen LogP contribution in [-0.2, 0) is 20.9 Å². The van der Waals surface area contributed by atoms with Crippen molar-refractivity contribution in [1.29, 1.82) is 0 Å². The fourth-order valence-electron chi connectivity index (χ4n) is 8.81. The zero-order chi connectivity index (χ0) is 34.2. The Morgan fingerprint density at radius 1 is 0.979 bits per heavy atom. The van der Waals surface area contributed by atoms with Crippen LogP contribution in [0.3, 0.4) is 0 Å². The summed E-state index contributed by atoms with van der Waals surface area (Å²) in [6.45, 7) is 7.33. The van der Waals surface area contributed by atoms with Gasteiger partial charge in [-0.05, 0) is 49.4 Å². The number of likely N-dealkylation sites (tertiary alicyclic amines) is 1. The molecule has 11 nitrogen and oxygen atoms in total. The van der Waals surface area contributed by atoms with Crippen molar-refractivity contribution in [3.8, 4) is 0 Å². The van der Waals surface area contributed by atoms with E-state index in [4.69, 9.17) is 0 Å². The van der Waals surface area contributed by atoms with Crippen LogP contribution in [0.5, 0.6) is 0 Å². The number of amides is 4. The third kappa shape index (κ3) is 6.47. The number of aromatic nitrogens is 2. The second-order valence-electron chi connectivity index (χ2n) is 14.5.